The van der Waals surface area contributed by atoms with Crippen LogP contribution < -0.4 is 14.9 Å². The number of hydrogen-bond acceptors (Lipinski definition) is 5. The van der Waals surface area contributed by atoms with Gasteiger partial charge in [-0.1, -0.05) is 18.2 Å². The molecule has 3 aromatic carbocycles. The van der Waals surface area contributed by atoms with E-state index in [2.05, 4.69) is 15.6 Å². The molecule has 0 radical (unpaired) electrons. The van der Waals surface area contributed by atoms with Gasteiger partial charge in [-0.3, -0.25) is 4.79 Å². The van der Waals surface area contributed by atoms with Crippen LogP contribution >= 0.6 is 0 Å². The minimum Gasteiger partial charge on any atom is -0.497 e. The van der Waals surface area contributed by atoms with Crippen LogP contribution in [0.5, 0.6) is 11.5 Å². The van der Waals surface area contributed by atoms with Gasteiger partial charge in [-0.2, -0.15) is 10.2 Å². The molecule has 0 spiro atoms. The minimum absolute atomic E-state index is 0.369. The molecular formula is C25H22N4O3. The molecule has 0 fully saturated rings. The fourth-order valence-electron chi connectivity index (χ4n) is 3.12. The van der Waals surface area contributed by atoms with Gasteiger partial charge in [0.15, 0.2) is 0 Å². The topological polar surface area (TPSA) is 77.7 Å². The molecule has 0 saturated carbocycles. The van der Waals surface area contributed by atoms with Gasteiger partial charge in [-0.25, -0.2) is 10.1 Å². The Bertz CT molecular complexity index is 1210. The highest BCUT2D eigenvalue weighted by atomic mass is 16.5. The molecule has 0 saturated heterocycles. The van der Waals surface area contributed by atoms with Crippen molar-refractivity contribution in [3.05, 3.63) is 96.2 Å². The van der Waals surface area contributed by atoms with Crippen molar-refractivity contribution in [1.82, 2.24) is 15.2 Å². The Kier molecular flexibility index (Phi) is 6.27. The summed E-state index contributed by atoms with van der Waals surface area (Å²) < 4.78 is 12.0. The maximum Gasteiger partial charge on any atom is 0.290 e. The first kappa shape index (κ1) is 20.9. The molecule has 32 heavy (non-hydrogen) atoms. The smallest absolute Gasteiger partial charge is 0.290 e. The second-order valence-corrected chi connectivity index (χ2v) is 6.86. The van der Waals surface area contributed by atoms with Gasteiger partial charge in [-0.15, -0.1) is 0 Å². The third-order valence-electron chi connectivity index (χ3n) is 4.82. The number of hydrazone groups is 1. The fraction of sp³-hybridized carbons (Fsp3) is 0.0800. The third kappa shape index (κ3) is 4.67. The van der Waals surface area contributed by atoms with Crippen molar-refractivity contribution < 1.29 is 14.3 Å². The van der Waals surface area contributed by atoms with Crippen molar-refractivity contribution in [3.63, 3.8) is 0 Å². The maximum absolute atomic E-state index is 12.9. The van der Waals surface area contributed by atoms with Crippen molar-refractivity contribution in [2.75, 3.05) is 14.2 Å². The highest BCUT2D eigenvalue weighted by Gasteiger charge is 2.17. The first-order valence-electron chi connectivity index (χ1n) is 9.95. The first-order chi connectivity index (χ1) is 15.7. The van der Waals surface area contributed by atoms with Gasteiger partial charge < -0.3 is 9.47 Å². The van der Waals surface area contributed by atoms with Crippen LogP contribution in [0.25, 0.3) is 16.9 Å². The van der Waals surface area contributed by atoms with Crippen molar-refractivity contribution in [2.24, 2.45) is 5.10 Å². The lowest BCUT2D eigenvalue weighted by molar-refractivity contribution is 0.0947. The van der Waals surface area contributed by atoms with Gasteiger partial charge in [-0.05, 0) is 72.3 Å². The number of aromatic nitrogens is 2. The molecule has 7 nitrogen and oxygen atoms in total. The summed E-state index contributed by atoms with van der Waals surface area (Å²) >= 11 is 0. The summed E-state index contributed by atoms with van der Waals surface area (Å²) in [7, 11) is 3.23. The predicted molar refractivity (Wildman–Crippen MR) is 124 cm³/mol. The van der Waals surface area contributed by atoms with E-state index in [0.717, 1.165) is 28.3 Å². The zero-order valence-electron chi connectivity index (χ0n) is 17.7. The number of nitrogens with one attached hydrogen (secondary N) is 1. The molecule has 0 unspecified atom stereocenters. The number of rotatable bonds is 7. The molecule has 0 aliphatic rings. The van der Waals surface area contributed by atoms with E-state index in [9.17, 15) is 4.79 Å². The number of ether oxygens (including phenoxy) is 2. The molecule has 160 valence electrons. The Morgan fingerprint density at radius 3 is 2.16 bits per heavy atom. The van der Waals surface area contributed by atoms with Crippen LogP contribution in [0.4, 0.5) is 0 Å². The van der Waals surface area contributed by atoms with Crippen LogP contribution in [0, 0.1) is 0 Å². The lowest BCUT2D eigenvalue weighted by Crippen LogP contribution is -2.21. The highest BCUT2D eigenvalue weighted by molar-refractivity contribution is 5.95. The zero-order valence-corrected chi connectivity index (χ0v) is 17.7. The number of nitrogens with zero attached hydrogens (tertiary/aromatic N) is 3. The number of carbonyl (C=O) groups excluding carboxylic acids is 1. The predicted octanol–water partition coefficient (Wildman–Crippen LogP) is 4.32. The molecule has 1 heterocycles. The molecule has 7 heteroatoms. The van der Waals surface area contributed by atoms with Crippen molar-refractivity contribution in [3.8, 4) is 28.4 Å². The molecule has 0 aliphatic heterocycles. The van der Waals surface area contributed by atoms with E-state index >= 15 is 0 Å². The second kappa shape index (κ2) is 9.61. The average Bonchev–Trinajstić information content (AvgIpc) is 3.31. The summed E-state index contributed by atoms with van der Waals surface area (Å²) in [4.78, 5) is 12.9. The van der Waals surface area contributed by atoms with Crippen molar-refractivity contribution >= 4 is 12.1 Å². The summed E-state index contributed by atoms with van der Waals surface area (Å²) in [5.41, 5.74) is 6.11. The molecule has 1 N–H and O–H groups in total. The second-order valence-electron chi connectivity index (χ2n) is 6.86. The molecule has 0 aliphatic carbocycles. The Balaban J connectivity index is 1.61. The normalized spacial score (nSPS) is 10.8. The SMILES string of the molecule is COc1ccc(/C=N\NC(=O)c2cc(-c3ccc(OC)cc3)nn2-c2ccccc2)cc1. The van der Waals surface area contributed by atoms with Gasteiger partial charge in [0, 0.05) is 5.56 Å². The summed E-state index contributed by atoms with van der Waals surface area (Å²) in [6.45, 7) is 0. The highest BCUT2D eigenvalue weighted by Crippen LogP contribution is 2.24. The summed E-state index contributed by atoms with van der Waals surface area (Å²) in [5, 5.41) is 8.75. The summed E-state index contributed by atoms with van der Waals surface area (Å²) in [5.74, 6) is 1.14. The van der Waals surface area contributed by atoms with Crippen molar-refractivity contribution in [2.45, 2.75) is 0 Å². The number of benzene rings is 3. The number of carbonyl (C=O) groups is 1. The molecule has 1 aromatic heterocycles. The summed E-state index contributed by atoms with van der Waals surface area (Å²) in [6, 6.07) is 26.1. The summed E-state index contributed by atoms with van der Waals surface area (Å²) in [6.07, 6.45) is 1.57. The first-order valence-corrected chi connectivity index (χ1v) is 9.95. The zero-order chi connectivity index (χ0) is 22.3. The Hall–Kier alpha value is -4.39. The Labute approximate surface area is 185 Å². The van der Waals surface area contributed by atoms with Crippen LogP contribution in [-0.4, -0.2) is 36.1 Å². The molecule has 0 atom stereocenters. The number of amides is 1. The van der Waals surface area contributed by atoms with E-state index in [1.54, 1.807) is 31.2 Å². The standard InChI is InChI=1S/C25H22N4O3/c1-31-21-12-8-18(9-13-21)17-26-27-25(30)24-16-23(19-10-14-22(32-2)15-11-19)28-29(24)20-6-4-3-5-7-20/h3-17H,1-2H3,(H,27,30)/b26-17-. The monoisotopic (exact) mass is 426 g/mol. The Morgan fingerprint density at radius 1 is 0.906 bits per heavy atom. The quantitative estimate of drug-likeness (QED) is 0.353. The van der Waals surface area contributed by atoms with E-state index in [-0.39, 0.29) is 5.91 Å². The van der Waals surface area contributed by atoms with Gasteiger partial charge in [0.05, 0.1) is 31.8 Å². The van der Waals surface area contributed by atoms with Crippen molar-refractivity contribution in [1.29, 1.82) is 0 Å². The lowest BCUT2D eigenvalue weighted by Gasteiger charge is -2.06. The molecule has 4 rings (SSSR count). The van der Waals surface area contributed by atoms with Crippen LogP contribution in [0.1, 0.15) is 16.1 Å². The molecular weight excluding hydrogens is 404 g/mol. The lowest BCUT2D eigenvalue weighted by atomic mass is 10.1. The van der Waals surface area contributed by atoms with Crippen LogP contribution in [0.3, 0.4) is 0 Å². The maximum atomic E-state index is 12.9. The molecule has 1 amide bonds. The van der Waals surface area contributed by atoms with E-state index in [1.807, 2.05) is 78.9 Å². The van der Waals surface area contributed by atoms with E-state index < -0.39 is 0 Å². The largest absolute Gasteiger partial charge is 0.497 e. The molecule has 0 bridgehead atoms. The van der Waals surface area contributed by atoms with Gasteiger partial charge in [0.2, 0.25) is 0 Å². The number of para-hydroxylation sites is 1. The van der Waals surface area contributed by atoms with Crippen LogP contribution in [0.2, 0.25) is 0 Å². The minimum atomic E-state index is -0.370. The van der Waals surface area contributed by atoms with Gasteiger partial charge in [0.25, 0.3) is 5.91 Å². The van der Waals surface area contributed by atoms with Crippen LogP contribution in [0.15, 0.2) is 90.0 Å². The third-order valence-corrected chi connectivity index (χ3v) is 4.82. The fourth-order valence-corrected chi connectivity index (χ4v) is 3.12. The van der Waals surface area contributed by atoms with Gasteiger partial charge >= 0.3 is 0 Å². The van der Waals surface area contributed by atoms with Gasteiger partial charge in [0.1, 0.15) is 17.2 Å². The number of methoxy groups -OCH3 is 2. The average molecular weight is 426 g/mol. The number of hydrogen-bond donors (Lipinski definition) is 1. The van der Waals surface area contributed by atoms with Crippen LogP contribution in [-0.2, 0) is 0 Å². The molecule has 4 aromatic rings. The van der Waals surface area contributed by atoms with E-state index in [0.29, 0.717) is 11.4 Å². The van der Waals surface area contributed by atoms with E-state index in [1.165, 1.54) is 0 Å². The van der Waals surface area contributed by atoms with E-state index in [4.69, 9.17) is 9.47 Å². The Morgan fingerprint density at radius 2 is 1.53 bits per heavy atom.